The van der Waals surface area contributed by atoms with Crippen molar-refractivity contribution in [1.29, 1.82) is 0 Å². The number of hydrogen-bond acceptors (Lipinski definition) is 2. The third-order valence-corrected chi connectivity index (χ3v) is 3.89. The van der Waals surface area contributed by atoms with E-state index in [9.17, 15) is 5.11 Å². The third kappa shape index (κ3) is 1.93. The molecule has 0 spiro atoms. The van der Waals surface area contributed by atoms with Gasteiger partial charge in [0, 0.05) is 18.8 Å². The van der Waals surface area contributed by atoms with Crippen molar-refractivity contribution in [2.24, 2.45) is 18.9 Å². The highest BCUT2D eigenvalue weighted by Crippen LogP contribution is 2.42. The second-order valence-electron chi connectivity index (χ2n) is 5.13. The molecule has 15 heavy (non-hydrogen) atoms. The minimum absolute atomic E-state index is 0.587. The molecule has 0 bridgehead atoms. The Kier molecular flexibility index (Phi) is 2.59. The molecule has 1 fully saturated rings. The number of aryl methyl sites for hydroxylation is 1. The molecule has 1 saturated carbocycles. The Morgan fingerprint density at radius 2 is 2.20 bits per heavy atom. The molecule has 1 aromatic heterocycles. The lowest BCUT2D eigenvalue weighted by atomic mass is 9.71. The molecule has 0 saturated heterocycles. The first kappa shape index (κ1) is 10.7. The summed E-state index contributed by atoms with van der Waals surface area (Å²) in [4.78, 5) is 0. The zero-order valence-corrected chi connectivity index (χ0v) is 9.77. The predicted octanol–water partition coefficient (Wildman–Crippen LogP) is 2.06. The van der Waals surface area contributed by atoms with Crippen LogP contribution in [0.2, 0.25) is 0 Å². The van der Waals surface area contributed by atoms with Crippen LogP contribution in [0.4, 0.5) is 0 Å². The SMILES string of the molecule is CC1CCC(O)(c2cnn(C)c2)CC1C. The molecule has 1 aromatic rings. The second-order valence-corrected chi connectivity index (χ2v) is 5.13. The average molecular weight is 208 g/mol. The molecule has 3 atom stereocenters. The maximum atomic E-state index is 10.6. The molecule has 1 heterocycles. The van der Waals surface area contributed by atoms with Gasteiger partial charge in [0.2, 0.25) is 0 Å². The van der Waals surface area contributed by atoms with Gasteiger partial charge in [-0.15, -0.1) is 0 Å². The summed E-state index contributed by atoms with van der Waals surface area (Å²) < 4.78 is 1.76. The van der Waals surface area contributed by atoms with Crippen LogP contribution >= 0.6 is 0 Å². The van der Waals surface area contributed by atoms with Crippen LogP contribution in [-0.2, 0) is 12.6 Å². The molecular weight excluding hydrogens is 188 g/mol. The Morgan fingerprint density at radius 3 is 2.73 bits per heavy atom. The molecule has 1 aliphatic rings. The first-order chi connectivity index (χ1) is 7.01. The van der Waals surface area contributed by atoms with Gasteiger partial charge in [0.05, 0.1) is 11.8 Å². The summed E-state index contributed by atoms with van der Waals surface area (Å²) in [7, 11) is 1.89. The van der Waals surface area contributed by atoms with Crippen molar-refractivity contribution < 1.29 is 5.11 Å². The molecule has 84 valence electrons. The molecular formula is C12H20N2O. The topological polar surface area (TPSA) is 38.1 Å². The summed E-state index contributed by atoms with van der Waals surface area (Å²) in [6.45, 7) is 4.50. The van der Waals surface area contributed by atoms with Crippen molar-refractivity contribution >= 4 is 0 Å². The quantitative estimate of drug-likeness (QED) is 0.767. The third-order valence-electron chi connectivity index (χ3n) is 3.89. The van der Waals surface area contributed by atoms with Crippen molar-refractivity contribution in [3.8, 4) is 0 Å². The van der Waals surface area contributed by atoms with E-state index in [1.807, 2.05) is 13.2 Å². The second kappa shape index (κ2) is 3.63. The van der Waals surface area contributed by atoms with E-state index in [-0.39, 0.29) is 0 Å². The van der Waals surface area contributed by atoms with Gasteiger partial charge < -0.3 is 5.11 Å². The zero-order chi connectivity index (χ0) is 11.1. The lowest BCUT2D eigenvalue weighted by molar-refractivity contribution is -0.0336. The average Bonchev–Trinajstić information content (AvgIpc) is 2.60. The smallest absolute Gasteiger partial charge is 0.0929 e. The fourth-order valence-electron chi connectivity index (χ4n) is 2.51. The highest BCUT2D eigenvalue weighted by molar-refractivity contribution is 5.16. The van der Waals surface area contributed by atoms with Gasteiger partial charge in [0.25, 0.3) is 0 Å². The van der Waals surface area contributed by atoms with Gasteiger partial charge in [-0.2, -0.15) is 5.10 Å². The fraction of sp³-hybridized carbons (Fsp3) is 0.750. The summed E-state index contributed by atoms with van der Waals surface area (Å²) >= 11 is 0. The Morgan fingerprint density at radius 1 is 1.47 bits per heavy atom. The number of hydrogen-bond donors (Lipinski definition) is 1. The normalized spacial score (nSPS) is 36.8. The molecule has 1 aliphatic carbocycles. The summed E-state index contributed by atoms with van der Waals surface area (Å²) in [5.74, 6) is 1.31. The molecule has 0 amide bonds. The molecule has 2 rings (SSSR count). The Labute approximate surface area is 91.1 Å². The summed E-state index contributed by atoms with van der Waals surface area (Å²) in [6, 6.07) is 0. The maximum absolute atomic E-state index is 10.6. The van der Waals surface area contributed by atoms with Crippen LogP contribution in [0, 0.1) is 11.8 Å². The Bertz CT molecular complexity index is 347. The summed E-state index contributed by atoms with van der Waals surface area (Å²) in [6.07, 6.45) is 6.56. The van der Waals surface area contributed by atoms with E-state index in [0.29, 0.717) is 5.92 Å². The molecule has 3 nitrogen and oxygen atoms in total. The van der Waals surface area contributed by atoms with Gasteiger partial charge in [-0.25, -0.2) is 0 Å². The van der Waals surface area contributed by atoms with Crippen LogP contribution in [-0.4, -0.2) is 14.9 Å². The van der Waals surface area contributed by atoms with E-state index in [4.69, 9.17) is 0 Å². The molecule has 0 aliphatic heterocycles. The van der Waals surface area contributed by atoms with Gasteiger partial charge in [0.1, 0.15) is 0 Å². The largest absolute Gasteiger partial charge is 0.385 e. The van der Waals surface area contributed by atoms with Crippen molar-refractivity contribution in [3.63, 3.8) is 0 Å². The van der Waals surface area contributed by atoms with Crippen LogP contribution in [0.1, 0.15) is 38.7 Å². The van der Waals surface area contributed by atoms with Gasteiger partial charge in [-0.05, 0) is 31.1 Å². The van der Waals surface area contributed by atoms with E-state index in [1.54, 1.807) is 10.9 Å². The number of nitrogens with zero attached hydrogens (tertiary/aromatic N) is 2. The van der Waals surface area contributed by atoms with Gasteiger partial charge >= 0.3 is 0 Å². The lowest BCUT2D eigenvalue weighted by Crippen LogP contribution is -2.35. The van der Waals surface area contributed by atoms with Crippen LogP contribution in [0.5, 0.6) is 0 Å². The van der Waals surface area contributed by atoms with Crippen molar-refractivity contribution in [3.05, 3.63) is 18.0 Å². The monoisotopic (exact) mass is 208 g/mol. The van der Waals surface area contributed by atoms with E-state index in [0.717, 1.165) is 30.7 Å². The van der Waals surface area contributed by atoms with Crippen molar-refractivity contribution in [2.45, 2.75) is 38.7 Å². The van der Waals surface area contributed by atoms with E-state index >= 15 is 0 Å². The summed E-state index contributed by atoms with van der Waals surface area (Å²) in [5.41, 5.74) is 0.337. The molecule has 0 aromatic carbocycles. The predicted molar refractivity (Wildman–Crippen MR) is 59.3 cm³/mol. The van der Waals surface area contributed by atoms with Crippen LogP contribution < -0.4 is 0 Å². The molecule has 0 radical (unpaired) electrons. The Hall–Kier alpha value is -0.830. The fourth-order valence-corrected chi connectivity index (χ4v) is 2.51. The highest BCUT2D eigenvalue weighted by atomic mass is 16.3. The minimum Gasteiger partial charge on any atom is -0.385 e. The summed E-state index contributed by atoms with van der Waals surface area (Å²) in [5, 5.41) is 14.7. The van der Waals surface area contributed by atoms with E-state index < -0.39 is 5.60 Å². The first-order valence-corrected chi connectivity index (χ1v) is 5.73. The van der Waals surface area contributed by atoms with Crippen molar-refractivity contribution in [1.82, 2.24) is 9.78 Å². The standard InChI is InChI=1S/C12H20N2O/c1-9-4-5-12(15,6-10(9)2)11-7-13-14(3)8-11/h7-10,15H,4-6H2,1-3H3. The lowest BCUT2D eigenvalue weighted by Gasteiger charge is -2.38. The number of aromatic nitrogens is 2. The number of rotatable bonds is 1. The van der Waals surface area contributed by atoms with Crippen molar-refractivity contribution in [2.75, 3.05) is 0 Å². The maximum Gasteiger partial charge on any atom is 0.0929 e. The highest BCUT2D eigenvalue weighted by Gasteiger charge is 2.37. The van der Waals surface area contributed by atoms with Gasteiger partial charge in [0.15, 0.2) is 0 Å². The van der Waals surface area contributed by atoms with E-state index in [1.165, 1.54) is 0 Å². The first-order valence-electron chi connectivity index (χ1n) is 5.73. The van der Waals surface area contributed by atoms with Crippen LogP contribution in [0.15, 0.2) is 12.4 Å². The number of aliphatic hydroxyl groups is 1. The molecule has 3 heteroatoms. The van der Waals surface area contributed by atoms with Gasteiger partial charge in [-0.1, -0.05) is 13.8 Å². The Balaban J connectivity index is 2.20. The minimum atomic E-state index is -0.639. The van der Waals surface area contributed by atoms with Crippen LogP contribution in [0.3, 0.4) is 0 Å². The van der Waals surface area contributed by atoms with Crippen LogP contribution in [0.25, 0.3) is 0 Å². The van der Waals surface area contributed by atoms with E-state index in [2.05, 4.69) is 18.9 Å². The van der Waals surface area contributed by atoms with Gasteiger partial charge in [-0.3, -0.25) is 4.68 Å². The zero-order valence-electron chi connectivity index (χ0n) is 9.77. The molecule has 3 unspecified atom stereocenters. The molecule has 1 N–H and O–H groups in total.